The molecule has 0 unspecified atom stereocenters. The standard InChI is InChI=1S/C16H21NO2/c1-11-6-13-14(7-12(11)8-16(17)4-5-16)19-10-15(2-3-15)9-18-13/h6-7H,2-5,8-10,17H2,1H3. The largest absolute Gasteiger partial charge is 0.489 e. The molecule has 2 fully saturated rings. The average molecular weight is 259 g/mol. The van der Waals surface area contributed by atoms with E-state index in [2.05, 4.69) is 19.1 Å². The zero-order valence-electron chi connectivity index (χ0n) is 11.5. The zero-order chi connectivity index (χ0) is 13.1. The molecule has 0 saturated heterocycles. The predicted molar refractivity (Wildman–Crippen MR) is 73.7 cm³/mol. The van der Waals surface area contributed by atoms with Crippen LogP contribution in [-0.2, 0) is 6.42 Å². The Balaban J connectivity index is 1.63. The van der Waals surface area contributed by atoms with Crippen molar-refractivity contribution in [2.45, 2.75) is 44.6 Å². The van der Waals surface area contributed by atoms with E-state index < -0.39 is 0 Å². The molecular formula is C16H21NO2. The number of rotatable bonds is 2. The summed E-state index contributed by atoms with van der Waals surface area (Å²) >= 11 is 0. The maximum Gasteiger partial charge on any atom is 0.161 e. The van der Waals surface area contributed by atoms with Gasteiger partial charge in [0.15, 0.2) is 11.5 Å². The lowest BCUT2D eigenvalue weighted by molar-refractivity contribution is 0.197. The number of benzene rings is 1. The van der Waals surface area contributed by atoms with Crippen molar-refractivity contribution in [3.05, 3.63) is 23.3 Å². The maximum absolute atomic E-state index is 6.24. The van der Waals surface area contributed by atoms with Crippen LogP contribution in [-0.4, -0.2) is 18.8 Å². The van der Waals surface area contributed by atoms with E-state index in [4.69, 9.17) is 15.2 Å². The van der Waals surface area contributed by atoms with E-state index in [-0.39, 0.29) is 5.54 Å². The van der Waals surface area contributed by atoms with Crippen LogP contribution in [0.1, 0.15) is 36.8 Å². The van der Waals surface area contributed by atoms with Crippen molar-refractivity contribution in [3.63, 3.8) is 0 Å². The molecule has 3 aliphatic rings. The Hall–Kier alpha value is -1.22. The molecule has 102 valence electrons. The molecule has 0 aromatic heterocycles. The summed E-state index contributed by atoms with van der Waals surface area (Å²) in [7, 11) is 0. The smallest absolute Gasteiger partial charge is 0.161 e. The van der Waals surface area contributed by atoms with Crippen LogP contribution in [0.3, 0.4) is 0 Å². The first kappa shape index (κ1) is 11.6. The molecule has 1 heterocycles. The van der Waals surface area contributed by atoms with E-state index in [9.17, 15) is 0 Å². The van der Waals surface area contributed by atoms with Gasteiger partial charge in [0.05, 0.1) is 13.2 Å². The molecule has 1 aromatic carbocycles. The second-order valence-electron chi connectivity index (χ2n) is 6.84. The molecular weight excluding hydrogens is 238 g/mol. The third kappa shape index (κ3) is 2.10. The second kappa shape index (κ2) is 3.66. The quantitative estimate of drug-likeness (QED) is 0.888. The van der Waals surface area contributed by atoms with Gasteiger partial charge >= 0.3 is 0 Å². The number of nitrogens with two attached hydrogens (primary N) is 1. The van der Waals surface area contributed by atoms with Crippen LogP contribution in [0.5, 0.6) is 11.5 Å². The third-order valence-corrected chi connectivity index (χ3v) is 4.86. The SMILES string of the molecule is Cc1cc2c(cc1CC1(N)CC1)OCC1(CC1)CO2. The van der Waals surface area contributed by atoms with Gasteiger partial charge in [0, 0.05) is 11.0 Å². The van der Waals surface area contributed by atoms with Gasteiger partial charge in [0.1, 0.15) is 0 Å². The van der Waals surface area contributed by atoms with Crippen LogP contribution in [0.4, 0.5) is 0 Å². The van der Waals surface area contributed by atoms with Crippen LogP contribution < -0.4 is 15.2 Å². The van der Waals surface area contributed by atoms with Gasteiger partial charge in [-0.15, -0.1) is 0 Å². The van der Waals surface area contributed by atoms with Crippen LogP contribution in [0, 0.1) is 12.3 Å². The van der Waals surface area contributed by atoms with Crippen LogP contribution in [0.25, 0.3) is 0 Å². The van der Waals surface area contributed by atoms with Crippen molar-refractivity contribution in [3.8, 4) is 11.5 Å². The average Bonchev–Trinajstić information content (AvgIpc) is 3.27. The fourth-order valence-electron chi connectivity index (χ4n) is 2.81. The molecule has 0 bridgehead atoms. The minimum Gasteiger partial charge on any atom is -0.489 e. The minimum atomic E-state index is 0.0439. The third-order valence-electron chi connectivity index (χ3n) is 4.86. The summed E-state index contributed by atoms with van der Waals surface area (Å²) in [6.45, 7) is 3.75. The minimum absolute atomic E-state index is 0.0439. The van der Waals surface area contributed by atoms with Crippen molar-refractivity contribution >= 4 is 0 Å². The topological polar surface area (TPSA) is 44.5 Å². The molecule has 2 saturated carbocycles. The highest BCUT2D eigenvalue weighted by Gasteiger charge is 2.46. The van der Waals surface area contributed by atoms with Gasteiger partial charge in [0.25, 0.3) is 0 Å². The Morgan fingerprint density at radius 3 is 2.26 bits per heavy atom. The molecule has 19 heavy (non-hydrogen) atoms. The molecule has 4 rings (SSSR count). The van der Waals surface area contributed by atoms with E-state index in [0.717, 1.165) is 44.0 Å². The molecule has 0 radical (unpaired) electrons. The number of hydrogen-bond acceptors (Lipinski definition) is 3. The Morgan fingerprint density at radius 2 is 1.68 bits per heavy atom. The Kier molecular flexibility index (Phi) is 2.23. The van der Waals surface area contributed by atoms with Crippen molar-refractivity contribution in [1.29, 1.82) is 0 Å². The highest BCUT2D eigenvalue weighted by atomic mass is 16.5. The Morgan fingerprint density at radius 1 is 1.05 bits per heavy atom. The lowest BCUT2D eigenvalue weighted by Gasteiger charge is -2.15. The highest BCUT2D eigenvalue weighted by Crippen LogP contribution is 2.49. The van der Waals surface area contributed by atoms with Crippen LogP contribution in [0.2, 0.25) is 0 Å². The fraction of sp³-hybridized carbons (Fsp3) is 0.625. The number of aryl methyl sites for hydroxylation is 1. The zero-order valence-corrected chi connectivity index (χ0v) is 11.5. The fourth-order valence-corrected chi connectivity index (χ4v) is 2.81. The van der Waals surface area contributed by atoms with Gasteiger partial charge in [0.2, 0.25) is 0 Å². The van der Waals surface area contributed by atoms with E-state index >= 15 is 0 Å². The lowest BCUT2D eigenvalue weighted by atomic mass is 9.99. The van der Waals surface area contributed by atoms with E-state index in [1.54, 1.807) is 0 Å². The molecule has 0 atom stereocenters. The first-order valence-electron chi connectivity index (χ1n) is 7.26. The molecule has 1 aliphatic heterocycles. The molecule has 2 N–H and O–H groups in total. The van der Waals surface area contributed by atoms with E-state index in [1.807, 2.05) is 0 Å². The molecule has 1 aromatic rings. The molecule has 3 heteroatoms. The maximum atomic E-state index is 6.24. The molecule has 3 nitrogen and oxygen atoms in total. The number of fused-ring (bicyclic) bond motifs is 1. The van der Waals surface area contributed by atoms with Crippen molar-refractivity contribution in [1.82, 2.24) is 0 Å². The Bertz CT molecular complexity index is 530. The summed E-state index contributed by atoms with van der Waals surface area (Å²) in [4.78, 5) is 0. The van der Waals surface area contributed by atoms with E-state index in [0.29, 0.717) is 5.41 Å². The van der Waals surface area contributed by atoms with Crippen molar-refractivity contribution < 1.29 is 9.47 Å². The number of hydrogen-bond donors (Lipinski definition) is 1. The Labute approximate surface area is 114 Å². The normalized spacial score (nSPS) is 24.9. The summed E-state index contributed by atoms with van der Waals surface area (Å²) in [6, 6.07) is 4.27. The van der Waals surface area contributed by atoms with E-state index in [1.165, 1.54) is 24.0 Å². The van der Waals surface area contributed by atoms with Gasteiger partial charge in [-0.25, -0.2) is 0 Å². The predicted octanol–water partition coefficient (Wildman–Crippen LogP) is 2.58. The second-order valence-corrected chi connectivity index (χ2v) is 6.84. The summed E-state index contributed by atoms with van der Waals surface area (Å²) in [5, 5.41) is 0. The molecule has 0 amide bonds. The van der Waals surface area contributed by atoms with Gasteiger partial charge in [-0.3, -0.25) is 0 Å². The molecule has 2 aliphatic carbocycles. The van der Waals surface area contributed by atoms with Gasteiger partial charge < -0.3 is 15.2 Å². The van der Waals surface area contributed by atoms with Gasteiger partial charge in [-0.2, -0.15) is 0 Å². The van der Waals surface area contributed by atoms with Crippen molar-refractivity contribution in [2.24, 2.45) is 11.1 Å². The van der Waals surface area contributed by atoms with Crippen LogP contribution in [0.15, 0.2) is 12.1 Å². The van der Waals surface area contributed by atoms with Crippen molar-refractivity contribution in [2.75, 3.05) is 13.2 Å². The van der Waals surface area contributed by atoms with Gasteiger partial charge in [-0.05, 0) is 62.3 Å². The summed E-state index contributed by atoms with van der Waals surface area (Å²) < 4.78 is 11.9. The molecule has 1 spiro atoms. The highest BCUT2D eigenvalue weighted by molar-refractivity contribution is 5.48. The first-order valence-corrected chi connectivity index (χ1v) is 7.26. The summed E-state index contributed by atoms with van der Waals surface area (Å²) in [5.41, 5.74) is 9.17. The lowest BCUT2D eigenvalue weighted by Crippen LogP contribution is -2.24. The summed E-state index contributed by atoms with van der Waals surface area (Å²) in [6.07, 6.45) is 5.71. The first-order chi connectivity index (χ1) is 9.08. The monoisotopic (exact) mass is 259 g/mol. The summed E-state index contributed by atoms with van der Waals surface area (Å²) in [5.74, 6) is 1.82. The van der Waals surface area contributed by atoms with Crippen LogP contribution >= 0.6 is 0 Å². The van der Waals surface area contributed by atoms with Gasteiger partial charge in [-0.1, -0.05) is 0 Å². The number of ether oxygens (including phenoxy) is 2.